The van der Waals surface area contributed by atoms with Crippen molar-refractivity contribution >= 4 is 11.7 Å². The van der Waals surface area contributed by atoms with Crippen molar-refractivity contribution in [3.05, 3.63) is 0 Å². The Morgan fingerprint density at radius 1 is 1.35 bits per heavy atom. The van der Waals surface area contributed by atoms with Gasteiger partial charge in [0.25, 0.3) is 0 Å². The molecule has 3 rings (SSSR count). The Morgan fingerprint density at radius 2 is 2.15 bits per heavy atom. The molecule has 0 unspecified atom stereocenters. The smallest absolute Gasteiger partial charge is 0.356 e. The molecular formula is C14H22N2O4. The molecule has 112 valence electrons. The van der Waals surface area contributed by atoms with Gasteiger partial charge >= 0.3 is 5.97 Å². The summed E-state index contributed by atoms with van der Waals surface area (Å²) in [6.45, 7) is 3.09. The second-order valence-electron chi connectivity index (χ2n) is 5.66. The number of methoxy groups -OCH3 is 1. The molecule has 0 aromatic heterocycles. The van der Waals surface area contributed by atoms with Crippen LogP contribution in [0.3, 0.4) is 0 Å². The molecule has 1 saturated heterocycles. The number of carbonyl (C=O) groups excluding carboxylic acids is 1. The van der Waals surface area contributed by atoms with Crippen LogP contribution in [0.15, 0.2) is 5.16 Å². The lowest BCUT2D eigenvalue weighted by Gasteiger charge is -2.43. The van der Waals surface area contributed by atoms with Gasteiger partial charge in [0.2, 0.25) is 0 Å². The van der Waals surface area contributed by atoms with Gasteiger partial charge in [0, 0.05) is 19.5 Å². The largest absolute Gasteiger partial charge is 0.464 e. The Hall–Kier alpha value is -1.14. The van der Waals surface area contributed by atoms with Crippen LogP contribution in [0.4, 0.5) is 0 Å². The predicted octanol–water partition coefficient (Wildman–Crippen LogP) is 1.15. The maximum absolute atomic E-state index is 11.9. The Bertz CT molecular complexity index is 406. The average Bonchev–Trinajstić information content (AvgIpc) is 2.74. The minimum absolute atomic E-state index is 0.0237. The van der Waals surface area contributed by atoms with Crippen LogP contribution in [-0.2, 0) is 19.1 Å². The predicted molar refractivity (Wildman–Crippen MR) is 72.2 cm³/mol. The molecule has 0 spiro atoms. The van der Waals surface area contributed by atoms with Crippen molar-refractivity contribution in [2.75, 3.05) is 33.4 Å². The highest BCUT2D eigenvalue weighted by Crippen LogP contribution is 2.43. The van der Waals surface area contributed by atoms with E-state index >= 15 is 0 Å². The van der Waals surface area contributed by atoms with Crippen molar-refractivity contribution < 1.29 is 19.1 Å². The van der Waals surface area contributed by atoms with Gasteiger partial charge in [-0.2, -0.15) is 0 Å². The van der Waals surface area contributed by atoms with Gasteiger partial charge in [0.1, 0.15) is 0 Å². The van der Waals surface area contributed by atoms with E-state index in [1.807, 2.05) is 0 Å². The minimum atomic E-state index is -0.455. The lowest BCUT2D eigenvalue weighted by atomic mass is 9.85. The topological polar surface area (TPSA) is 60.4 Å². The molecular weight excluding hydrogens is 260 g/mol. The molecule has 0 amide bonds. The SMILES string of the molecule is COC(=O)C1=NO[C@]2(N3CCOCC3)CCCCC[C@H]12. The second-order valence-corrected chi connectivity index (χ2v) is 5.66. The summed E-state index contributed by atoms with van der Waals surface area (Å²) in [7, 11) is 1.40. The van der Waals surface area contributed by atoms with Crippen molar-refractivity contribution in [1.82, 2.24) is 4.90 Å². The van der Waals surface area contributed by atoms with Crippen LogP contribution in [0.2, 0.25) is 0 Å². The lowest BCUT2D eigenvalue weighted by molar-refractivity contribution is -0.185. The summed E-state index contributed by atoms with van der Waals surface area (Å²) in [6, 6.07) is 0. The Labute approximate surface area is 119 Å². The van der Waals surface area contributed by atoms with Crippen LogP contribution >= 0.6 is 0 Å². The number of carbonyl (C=O) groups is 1. The Balaban J connectivity index is 1.88. The fraction of sp³-hybridized carbons (Fsp3) is 0.857. The maximum atomic E-state index is 11.9. The summed E-state index contributed by atoms with van der Waals surface area (Å²) >= 11 is 0. The monoisotopic (exact) mass is 282 g/mol. The molecule has 0 aromatic carbocycles. The van der Waals surface area contributed by atoms with Gasteiger partial charge in [0.15, 0.2) is 11.4 Å². The molecule has 2 heterocycles. The van der Waals surface area contributed by atoms with E-state index < -0.39 is 5.72 Å². The van der Waals surface area contributed by atoms with Crippen molar-refractivity contribution in [3.63, 3.8) is 0 Å². The second kappa shape index (κ2) is 5.69. The summed E-state index contributed by atoms with van der Waals surface area (Å²) in [5.74, 6) is -0.331. The maximum Gasteiger partial charge on any atom is 0.356 e. The van der Waals surface area contributed by atoms with E-state index in [0.29, 0.717) is 18.9 Å². The standard InChI is InChI=1S/C14H22N2O4/c1-18-13(17)12-11-5-3-2-4-6-14(11,20-15-12)16-7-9-19-10-8-16/h11H,2-10H2,1H3/t11-,14-/m1/s1. The number of hydrogen-bond donors (Lipinski definition) is 0. The van der Waals surface area contributed by atoms with E-state index in [1.165, 1.54) is 13.5 Å². The molecule has 3 aliphatic rings. The Kier molecular flexibility index (Phi) is 3.94. The molecule has 20 heavy (non-hydrogen) atoms. The van der Waals surface area contributed by atoms with Crippen LogP contribution in [0.1, 0.15) is 32.1 Å². The summed E-state index contributed by atoms with van der Waals surface area (Å²) in [4.78, 5) is 20.1. The molecule has 0 bridgehead atoms. The van der Waals surface area contributed by atoms with E-state index in [1.54, 1.807) is 0 Å². The van der Waals surface area contributed by atoms with Crippen LogP contribution in [-0.4, -0.2) is 55.7 Å². The zero-order valence-electron chi connectivity index (χ0n) is 12.0. The van der Waals surface area contributed by atoms with Crippen molar-refractivity contribution in [3.8, 4) is 0 Å². The molecule has 1 saturated carbocycles. The highest BCUT2D eigenvalue weighted by molar-refractivity contribution is 6.37. The van der Waals surface area contributed by atoms with Gasteiger partial charge in [-0.05, 0) is 12.8 Å². The van der Waals surface area contributed by atoms with Crippen LogP contribution in [0.5, 0.6) is 0 Å². The van der Waals surface area contributed by atoms with E-state index in [-0.39, 0.29) is 11.9 Å². The molecule has 2 aliphatic heterocycles. The van der Waals surface area contributed by atoms with Crippen molar-refractivity contribution in [2.24, 2.45) is 11.1 Å². The minimum Gasteiger partial charge on any atom is -0.464 e. The number of hydrogen-bond acceptors (Lipinski definition) is 6. The number of rotatable bonds is 2. The van der Waals surface area contributed by atoms with E-state index in [2.05, 4.69) is 10.1 Å². The first kappa shape index (κ1) is 13.8. The first-order valence-electron chi connectivity index (χ1n) is 7.45. The van der Waals surface area contributed by atoms with Gasteiger partial charge in [-0.1, -0.05) is 18.0 Å². The summed E-state index contributed by atoms with van der Waals surface area (Å²) in [5, 5.41) is 4.10. The third-order valence-corrected chi connectivity index (χ3v) is 4.65. The van der Waals surface area contributed by atoms with Crippen molar-refractivity contribution in [2.45, 2.75) is 37.8 Å². The van der Waals surface area contributed by atoms with Gasteiger partial charge in [-0.15, -0.1) is 0 Å². The molecule has 2 fully saturated rings. The van der Waals surface area contributed by atoms with E-state index in [9.17, 15) is 4.79 Å². The van der Waals surface area contributed by atoms with Crippen LogP contribution < -0.4 is 0 Å². The summed E-state index contributed by atoms with van der Waals surface area (Å²) < 4.78 is 10.3. The summed E-state index contributed by atoms with van der Waals surface area (Å²) in [6.07, 6.45) is 5.25. The van der Waals surface area contributed by atoms with Gasteiger partial charge in [-0.25, -0.2) is 4.79 Å². The lowest BCUT2D eigenvalue weighted by Crippen LogP contribution is -2.58. The molecule has 2 atom stereocenters. The quantitative estimate of drug-likeness (QED) is 0.711. The van der Waals surface area contributed by atoms with Gasteiger partial charge in [-0.3, -0.25) is 4.90 Å². The third-order valence-electron chi connectivity index (χ3n) is 4.65. The van der Waals surface area contributed by atoms with Crippen LogP contribution in [0.25, 0.3) is 0 Å². The molecule has 6 nitrogen and oxygen atoms in total. The number of ether oxygens (including phenoxy) is 2. The van der Waals surface area contributed by atoms with Crippen molar-refractivity contribution in [1.29, 1.82) is 0 Å². The molecule has 6 heteroatoms. The number of oxime groups is 1. The number of esters is 1. The van der Waals surface area contributed by atoms with E-state index in [0.717, 1.165) is 38.8 Å². The third kappa shape index (κ3) is 2.20. The number of morpholine rings is 1. The number of nitrogens with zero attached hydrogens (tertiary/aromatic N) is 2. The van der Waals surface area contributed by atoms with Crippen LogP contribution in [0, 0.1) is 5.92 Å². The first-order valence-corrected chi connectivity index (χ1v) is 7.45. The molecule has 0 radical (unpaired) electrons. The zero-order chi connectivity index (χ0) is 14.0. The van der Waals surface area contributed by atoms with E-state index in [4.69, 9.17) is 14.3 Å². The van der Waals surface area contributed by atoms with Gasteiger partial charge < -0.3 is 14.3 Å². The first-order chi connectivity index (χ1) is 9.78. The molecule has 0 aromatic rings. The van der Waals surface area contributed by atoms with Gasteiger partial charge in [0.05, 0.1) is 26.2 Å². The molecule has 1 aliphatic carbocycles. The highest BCUT2D eigenvalue weighted by Gasteiger charge is 2.55. The average molecular weight is 282 g/mol. The zero-order valence-corrected chi connectivity index (χ0v) is 12.0. The normalized spacial score (nSPS) is 34.6. The highest BCUT2D eigenvalue weighted by atomic mass is 16.7. The fourth-order valence-corrected chi connectivity index (χ4v) is 3.62. The molecule has 0 N–H and O–H groups in total. The summed E-state index contributed by atoms with van der Waals surface area (Å²) in [5.41, 5.74) is 0.00460. The fourth-order valence-electron chi connectivity index (χ4n) is 3.62. The number of fused-ring (bicyclic) bond motifs is 1. The Morgan fingerprint density at radius 3 is 2.90 bits per heavy atom.